The number of carbonyl (C=O) groups excluding carboxylic acids is 1. The summed E-state index contributed by atoms with van der Waals surface area (Å²) in [4.78, 5) is 26.0. The molecular formula is C28H34N4OS. The number of hydrogen-bond donors (Lipinski definition) is 0. The third-order valence-corrected chi connectivity index (χ3v) is 7.29. The number of amidine groups is 1. The number of thiophene rings is 1. The van der Waals surface area contributed by atoms with Crippen molar-refractivity contribution in [3.05, 3.63) is 88.1 Å². The normalized spacial score (nSPS) is 14.9. The number of aliphatic imine (C=N–C) groups is 1. The highest BCUT2D eigenvalue weighted by Gasteiger charge is 2.22. The van der Waals surface area contributed by atoms with Crippen molar-refractivity contribution in [2.45, 2.75) is 20.3 Å². The second-order valence-electron chi connectivity index (χ2n) is 8.48. The van der Waals surface area contributed by atoms with Gasteiger partial charge in [0.2, 0.25) is 0 Å². The summed E-state index contributed by atoms with van der Waals surface area (Å²) >= 11 is 1.84. The number of carbonyl (C=O) groups is 1. The van der Waals surface area contributed by atoms with Gasteiger partial charge in [0, 0.05) is 61.8 Å². The molecule has 0 unspecified atom stereocenters. The van der Waals surface area contributed by atoms with Gasteiger partial charge in [-0.3, -0.25) is 9.69 Å². The number of rotatable bonds is 8. The number of hydrogen-bond acceptors (Lipinski definition) is 4. The van der Waals surface area contributed by atoms with E-state index in [-0.39, 0.29) is 5.91 Å². The van der Waals surface area contributed by atoms with Crippen LogP contribution in [0.5, 0.6) is 0 Å². The van der Waals surface area contributed by atoms with Gasteiger partial charge in [-0.05, 0) is 56.0 Å². The summed E-state index contributed by atoms with van der Waals surface area (Å²) in [5.74, 6) is 1.06. The first-order valence-corrected chi connectivity index (χ1v) is 13.1. The van der Waals surface area contributed by atoms with Gasteiger partial charge in [0.15, 0.2) is 0 Å². The van der Waals surface area contributed by atoms with Crippen LogP contribution in [0.15, 0.2) is 77.1 Å². The Morgan fingerprint density at radius 2 is 1.56 bits per heavy atom. The monoisotopic (exact) mass is 474 g/mol. The average molecular weight is 475 g/mol. The van der Waals surface area contributed by atoms with E-state index < -0.39 is 0 Å². The zero-order valence-corrected chi connectivity index (χ0v) is 21.0. The lowest BCUT2D eigenvalue weighted by atomic mass is 10.1. The van der Waals surface area contributed by atoms with Crippen LogP contribution in [0.1, 0.15) is 34.6 Å². The molecule has 1 fully saturated rings. The van der Waals surface area contributed by atoms with Crippen LogP contribution in [0.4, 0.5) is 5.69 Å². The fourth-order valence-corrected chi connectivity index (χ4v) is 5.00. The quantitative estimate of drug-likeness (QED) is 0.334. The van der Waals surface area contributed by atoms with Gasteiger partial charge >= 0.3 is 0 Å². The summed E-state index contributed by atoms with van der Waals surface area (Å²) in [5, 5.41) is 2.15. The molecule has 2 aromatic carbocycles. The van der Waals surface area contributed by atoms with Crippen molar-refractivity contribution in [1.82, 2.24) is 14.7 Å². The smallest absolute Gasteiger partial charge is 0.253 e. The molecule has 0 spiro atoms. The predicted octanol–water partition coefficient (Wildman–Crippen LogP) is 5.17. The molecule has 1 amide bonds. The highest BCUT2D eigenvalue weighted by Crippen LogP contribution is 2.19. The largest absolute Gasteiger partial charge is 0.354 e. The number of amides is 1. The molecule has 6 heteroatoms. The highest BCUT2D eigenvalue weighted by molar-refractivity contribution is 7.09. The van der Waals surface area contributed by atoms with Crippen molar-refractivity contribution in [3.8, 4) is 0 Å². The van der Waals surface area contributed by atoms with Gasteiger partial charge in [-0.2, -0.15) is 0 Å². The molecule has 1 aliphatic rings. The second kappa shape index (κ2) is 12.0. The standard InChI is InChI=1S/C28H34N4OS/c1-3-31(4-2)28(33)24-14-12-23(13-15-24)27(29-25-9-6-5-7-10-25)32-20-18-30(19-21-32)17-16-26-11-8-22-34-26/h5-15,22H,3-4,16-21H2,1-2H3/b29-27-. The molecule has 2 heterocycles. The van der Waals surface area contributed by atoms with Crippen molar-refractivity contribution in [1.29, 1.82) is 0 Å². The van der Waals surface area contributed by atoms with Crippen LogP contribution in [-0.2, 0) is 6.42 Å². The Hall–Kier alpha value is -2.96. The zero-order valence-electron chi connectivity index (χ0n) is 20.2. The summed E-state index contributed by atoms with van der Waals surface area (Å²) in [6, 6.07) is 22.4. The fraction of sp³-hybridized carbons (Fsp3) is 0.357. The van der Waals surface area contributed by atoms with Crippen molar-refractivity contribution >= 4 is 28.8 Å². The maximum absolute atomic E-state index is 12.7. The molecule has 178 valence electrons. The first-order valence-electron chi connectivity index (χ1n) is 12.2. The Morgan fingerprint density at radius 1 is 0.882 bits per heavy atom. The SMILES string of the molecule is CCN(CC)C(=O)c1ccc(/C(=N/c2ccccc2)N2CCN(CCc3cccs3)CC2)cc1. The summed E-state index contributed by atoms with van der Waals surface area (Å²) < 4.78 is 0. The summed E-state index contributed by atoms with van der Waals surface area (Å²) in [6.45, 7) is 10.5. The molecule has 1 aromatic heterocycles. The van der Waals surface area contributed by atoms with Gasteiger partial charge in [-0.25, -0.2) is 4.99 Å². The van der Waals surface area contributed by atoms with Crippen LogP contribution in [0.25, 0.3) is 0 Å². The van der Waals surface area contributed by atoms with Gasteiger partial charge in [0.1, 0.15) is 5.84 Å². The molecule has 0 atom stereocenters. The summed E-state index contributed by atoms with van der Waals surface area (Å²) in [7, 11) is 0. The Balaban J connectivity index is 1.49. The van der Waals surface area contributed by atoms with Crippen LogP contribution in [0, 0.1) is 0 Å². The first-order chi connectivity index (χ1) is 16.7. The van der Waals surface area contributed by atoms with E-state index in [4.69, 9.17) is 4.99 Å². The molecule has 0 saturated carbocycles. The van der Waals surface area contributed by atoms with Gasteiger partial charge in [0.05, 0.1) is 5.69 Å². The lowest BCUT2D eigenvalue weighted by Gasteiger charge is -2.36. The molecule has 4 rings (SSSR count). The topological polar surface area (TPSA) is 39.2 Å². The van der Waals surface area contributed by atoms with Crippen LogP contribution < -0.4 is 0 Å². The minimum absolute atomic E-state index is 0.0810. The van der Waals surface area contributed by atoms with E-state index in [1.165, 1.54) is 4.88 Å². The van der Waals surface area contributed by atoms with Gasteiger partial charge in [-0.15, -0.1) is 11.3 Å². The van der Waals surface area contributed by atoms with E-state index in [2.05, 4.69) is 27.3 Å². The van der Waals surface area contributed by atoms with Crippen molar-refractivity contribution in [2.75, 3.05) is 45.8 Å². The number of para-hydroxylation sites is 1. The number of nitrogens with zero attached hydrogens (tertiary/aromatic N) is 4. The third-order valence-electron chi connectivity index (χ3n) is 6.36. The molecule has 1 aliphatic heterocycles. The maximum Gasteiger partial charge on any atom is 0.253 e. The molecule has 5 nitrogen and oxygen atoms in total. The van der Waals surface area contributed by atoms with Crippen molar-refractivity contribution < 1.29 is 4.79 Å². The van der Waals surface area contributed by atoms with Crippen molar-refractivity contribution in [3.63, 3.8) is 0 Å². The molecule has 1 saturated heterocycles. The second-order valence-corrected chi connectivity index (χ2v) is 9.52. The van der Waals surface area contributed by atoms with Crippen LogP contribution in [-0.4, -0.2) is 72.3 Å². The zero-order chi connectivity index (χ0) is 23.8. The van der Waals surface area contributed by atoms with E-state index in [1.54, 1.807) is 0 Å². The first kappa shape index (κ1) is 24.2. The van der Waals surface area contributed by atoms with E-state index in [0.717, 1.165) is 61.8 Å². The van der Waals surface area contributed by atoms with Gasteiger partial charge < -0.3 is 9.80 Å². The summed E-state index contributed by atoms with van der Waals surface area (Å²) in [6.07, 6.45) is 1.12. The lowest BCUT2D eigenvalue weighted by molar-refractivity contribution is 0.0773. The Kier molecular flexibility index (Phi) is 8.50. The molecule has 0 radical (unpaired) electrons. The molecule has 34 heavy (non-hydrogen) atoms. The Bertz CT molecular complexity index is 1050. The summed E-state index contributed by atoms with van der Waals surface area (Å²) in [5.41, 5.74) is 2.72. The van der Waals surface area contributed by atoms with Gasteiger partial charge in [0.25, 0.3) is 5.91 Å². The minimum atomic E-state index is 0.0810. The van der Waals surface area contributed by atoms with Crippen LogP contribution in [0.3, 0.4) is 0 Å². The Morgan fingerprint density at radius 3 is 2.18 bits per heavy atom. The van der Waals surface area contributed by atoms with Crippen LogP contribution >= 0.6 is 11.3 Å². The van der Waals surface area contributed by atoms with E-state index in [1.807, 2.05) is 84.7 Å². The van der Waals surface area contributed by atoms with E-state index in [0.29, 0.717) is 13.1 Å². The molecule has 0 aliphatic carbocycles. The number of benzene rings is 2. The lowest BCUT2D eigenvalue weighted by Crippen LogP contribution is -2.49. The number of piperazine rings is 1. The van der Waals surface area contributed by atoms with E-state index >= 15 is 0 Å². The fourth-order valence-electron chi connectivity index (χ4n) is 4.30. The van der Waals surface area contributed by atoms with Gasteiger partial charge in [-0.1, -0.05) is 36.4 Å². The molecule has 0 bridgehead atoms. The average Bonchev–Trinajstić information content (AvgIpc) is 3.42. The predicted molar refractivity (Wildman–Crippen MR) is 142 cm³/mol. The third kappa shape index (κ3) is 6.13. The molecular weight excluding hydrogens is 440 g/mol. The highest BCUT2D eigenvalue weighted by atomic mass is 32.1. The van der Waals surface area contributed by atoms with Crippen molar-refractivity contribution in [2.24, 2.45) is 4.99 Å². The Labute approximate surface area is 207 Å². The molecule has 3 aromatic rings. The van der Waals surface area contributed by atoms with Crippen LogP contribution in [0.2, 0.25) is 0 Å². The van der Waals surface area contributed by atoms with E-state index in [9.17, 15) is 4.79 Å². The maximum atomic E-state index is 12.7. The minimum Gasteiger partial charge on any atom is -0.354 e. The molecule has 0 N–H and O–H groups in total.